The van der Waals surface area contributed by atoms with Gasteiger partial charge in [0.15, 0.2) is 11.5 Å². The molecule has 1 saturated heterocycles. The maximum atomic E-state index is 13.3. The number of halogens is 1. The van der Waals surface area contributed by atoms with Gasteiger partial charge in [-0.3, -0.25) is 9.69 Å². The van der Waals surface area contributed by atoms with Gasteiger partial charge in [0.05, 0.1) is 38.9 Å². The second-order valence-electron chi connectivity index (χ2n) is 8.08. The van der Waals surface area contributed by atoms with Crippen molar-refractivity contribution >= 4 is 21.8 Å². The Labute approximate surface area is 192 Å². The van der Waals surface area contributed by atoms with Gasteiger partial charge in [0.2, 0.25) is 5.91 Å². The van der Waals surface area contributed by atoms with Crippen LogP contribution in [0.1, 0.15) is 30.0 Å². The predicted molar refractivity (Wildman–Crippen MR) is 123 cm³/mol. The summed E-state index contributed by atoms with van der Waals surface area (Å²) in [5.74, 6) is 1.49. The topological polar surface area (TPSA) is 60.0 Å². The number of nitrogens with one attached hydrogen (secondary N) is 1. The monoisotopic (exact) mass is 488 g/mol. The normalized spacial score (nSPS) is 18.8. The maximum absolute atomic E-state index is 13.3. The third kappa shape index (κ3) is 4.73. The van der Waals surface area contributed by atoms with Crippen molar-refractivity contribution in [1.82, 2.24) is 10.2 Å². The molecular weight excluding hydrogens is 460 g/mol. The van der Waals surface area contributed by atoms with Crippen LogP contribution in [0, 0.1) is 0 Å². The van der Waals surface area contributed by atoms with Crippen molar-refractivity contribution in [2.24, 2.45) is 0 Å². The summed E-state index contributed by atoms with van der Waals surface area (Å²) in [5, 5.41) is 3.26. The summed E-state index contributed by atoms with van der Waals surface area (Å²) in [6, 6.07) is 14.1. The van der Waals surface area contributed by atoms with Crippen LogP contribution in [0.5, 0.6) is 11.5 Å². The van der Waals surface area contributed by atoms with Crippen LogP contribution in [0.3, 0.4) is 0 Å². The molecule has 1 atom stereocenters. The molecule has 1 N–H and O–H groups in total. The van der Waals surface area contributed by atoms with Crippen LogP contribution in [0.4, 0.5) is 0 Å². The molecule has 2 fully saturated rings. The first-order valence-corrected chi connectivity index (χ1v) is 11.4. The summed E-state index contributed by atoms with van der Waals surface area (Å²) >= 11 is 3.53. The van der Waals surface area contributed by atoms with E-state index in [1.807, 2.05) is 30.3 Å². The Morgan fingerprint density at radius 1 is 1.13 bits per heavy atom. The summed E-state index contributed by atoms with van der Waals surface area (Å²) in [5.41, 5.74) is 1.76. The van der Waals surface area contributed by atoms with Crippen molar-refractivity contribution in [1.29, 1.82) is 0 Å². The minimum atomic E-state index is -0.406. The van der Waals surface area contributed by atoms with Crippen LogP contribution in [0.2, 0.25) is 0 Å². The lowest BCUT2D eigenvalue weighted by Gasteiger charge is -2.35. The number of nitrogens with zero attached hydrogens (tertiary/aromatic N) is 1. The first kappa shape index (κ1) is 22.1. The second-order valence-corrected chi connectivity index (χ2v) is 9.00. The number of amides is 1. The van der Waals surface area contributed by atoms with E-state index in [0.717, 1.165) is 41.5 Å². The summed E-state index contributed by atoms with van der Waals surface area (Å²) in [7, 11) is 3.27. The molecule has 1 aliphatic carbocycles. The number of methoxy groups -OCH3 is 2. The number of carbonyl (C=O) groups is 1. The number of carbonyl (C=O) groups excluding carboxylic acids is 1. The standard InChI is InChI=1S/C24H29BrN2O4/c1-29-21-7-6-17(14-22(21)30-2)20(27-10-12-31-13-11-27)16-26-23(28)24(8-9-24)18-4-3-5-19(25)15-18/h3-7,14-15,20H,8-13,16H2,1-2H3,(H,26,28). The molecule has 6 nitrogen and oxygen atoms in total. The maximum Gasteiger partial charge on any atom is 0.230 e. The number of rotatable bonds is 8. The Morgan fingerprint density at radius 2 is 1.87 bits per heavy atom. The highest BCUT2D eigenvalue weighted by Crippen LogP contribution is 2.49. The van der Waals surface area contributed by atoms with E-state index in [1.54, 1.807) is 14.2 Å². The quantitative estimate of drug-likeness (QED) is 0.613. The molecule has 1 aliphatic heterocycles. The molecule has 1 saturated carbocycles. The van der Waals surface area contributed by atoms with Gasteiger partial charge in [-0.25, -0.2) is 0 Å². The molecule has 0 aromatic heterocycles. The third-order valence-corrected chi connectivity index (χ3v) is 6.79. The first-order chi connectivity index (χ1) is 15.1. The fourth-order valence-electron chi connectivity index (χ4n) is 4.32. The lowest BCUT2D eigenvalue weighted by atomic mass is 9.94. The molecule has 0 spiro atoms. The molecule has 166 valence electrons. The van der Waals surface area contributed by atoms with E-state index in [9.17, 15) is 4.79 Å². The number of morpholine rings is 1. The van der Waals surface area contributed by atoms with E-state index in [4.69, 9.17) is 14.2 Å². The largest absolute Gasteiger partial charge is 0.493 e. The summed E-state index contributed by atoms with van der Waals surface area (Å²) in [6.45, 7) is 3.57. The SMILES string of the molecule is COc1ccc(C(CNC(=O)C2(c3cccc(Br)c3)CC2)N2CCOCC2)cc1OC. The van der Waals surface area contributed by atoms with Crippen molar-refractivity contribution in [3.8, 4) is 11.5 Å². The first-order valence-electron chi connectivity index (χ1n) is 10.7. The molecule has 1 amide bonds. The van der Waals surface area contributed by atoms with Gasteiger partial charge in [-0.15, -0.1) is 0 Å². The number of hydrogen-bond acceptors (Lipinski definition) is 5. The third-order valence-electron chi connectivity index (χ3n) is 6.30. The summed E-state index contributed by atoms with van der Waals surface area (Å²) in [6.07, 6.45) is 1.77. The molecule has 0 radical (unpaired) electrons. The second kappa shape index (κ2) is 9.59. The summed E-state index contributed by atoms with van der Waals surface area (Å²) in [4.78, 5) is 15.6. The van der Waals surface area contributed by atoms with Crippen LogP contribution >= 0.6 is 15.9 Å². The average molecular weight is 489 g/mol. The van der Waals surface area contributed by atoms with Gasteiger partial charge in [-0.2, -0.15) is 0 Å². The molecule has 2 aromatic carbocycles. The van der Waals surface area contributed by atoms with Gasteiger partial charge in [-0.1, -0.05) is 34.1 Å². The number of hydrogen-bond donors (Lipinski definition) is 1. The molecule has 2 aromatic rings. The van der Waals surface area contributed by atoms with E-state index in [-0.39, 0.29) is 11.9 Å². The molecule has 2 aliphatic rings. The van der Waals surface area contributed by atoms with Gasteiger partial charge in [0.25, 0.3) is 0 Å². The van der Waals surface area contributed by atoms with E-state index in [2.05, 4.69) is 38.3 Å². The van der Waals surface area contributed by atoms with E-state index >= 15 is 0 Å². The van der Waals surface area contributed by atoms with Crippen molar-refractivity contribution in [2.45, 2.75) is 24.3 Å². The smallest absolute Gasteiger partial charge is 0.230 e. The predicted octanol–water partition coefficient (Wildman–Crippen LogP) is 3.69. The van der Waals surface area contributed by atoms with Crippen molar-refractivity contribution < 1.29 is 19.0 Å². The van der Waals surface area contributed by atoms with Gasteiger partial charge < -0.3 is 19.5 Å². The van der Waals surface area contributed by atoms with E-state index in [1.165, 1.54) is 0 Å². The highest BCUT2D eigenvalue weighted by Gasteiger charge is 2.51. The van der Waals surface area contributed by atoms with Gasteiger partial charge in [-0.05, 0) is 48.2 Å². The van der Waals surface area contributed by atoms with Crippen LogP contribution < -0.4 is 14.8 Å². The molecule has 0 bridgehead atoms. The van der Waals surface area contributed by atoms with Crippen molar-refractivity contribution in [2.75, 3.05) is 47.1 Å². The molecule has 31 heavy (non-hydrogen) atoms. The van der Waals surface area contributed by atoms with E-state index < -0.39 is 5.41 Å². The van der Waals surface area contributed by atoms with Gasteiger partial charge in [0, 0.05) is 24.1 Å². The van der Waals surface area contributed by atoms with Crippen molar-refractivity contribution in [3.05, 3.63) is 58.1 Å². The lowest BCUT2D eigenvalue weighted by molar-refractivity contribution is -0.124. The minimum Gasteiger partial charge on any atom is -0.493 e. The number of ether oxygens (including phenoxy) is 3. The van der Waals surface area contributed by atoms with Crippen LogP contribution in [0.25, 0.3) is 0 Å². The fraction of sp³-hybridized carbons (Fsp3) is 0.458. The highest BCUT2D eigenvalue weighted by atomic mass is 79.9. The highest BCUT2D eigenvalue weighted by molar-refractivity contribution is 9.10. The van der Waals surface area contributed by atoms with Crippen LogP contribution in [0.15, 0.2) is 46.9 Å². The lowest BCUT2D eigenvalue weighted by Crippen LogP contribution is -2.45. The van der Waals surface area contributed by atoms with Crippen molar-refractivity contribution in [3.63, 3.8) is 0 Å². The number of benzene rings is 2. The molecule has 1 heterocycles. The van der Waals surface area contributed by atoms with Gasteiger partial charge in [0.1, 0.15) is 0 Å². The Bertz CT molecular complexity index is 926. The zero-order chi connectivity index (χ0) is 21.8. The molecule has 4 rings (SSSR count). The zero-order valence-electron chi connectivity index (χ0n) is 18.0. The fourth-order valence-corrected chi connectivity index (χ4v) is 4.72. The molecular formula is C24H29BrN2O4. The Hall–Kier alpha value is -2.09. The molecule has 1 unspecified atom stereocenters. The van der Waals surface area contributed by atoms with Gasteiger partial charge >= 0.3 is 0 Å². The Kier molecular flexibility index (Phi) is 6.84. The van der Waals surface area contributed by atoms with Crippen LogP contribution in [-0.4, -0.2) is 57.9 Å². The Balaban J connectivity index is 1.54. The Morgan fingerprint density at radius 3 is 2.52 bits per heavy atom. The van der Waals surface area contributed by atoms with Crippen LogP contribution in [-0.2, 0) is 14.9 Å². The zero-order valence-corrected chi connectivity index (χ0v) is 19.6. The molecule has 7 heteroatoms. The minimum absolute atomic E-state index is 0.0333. The average Bonchev–Trinajstić information content (AvgIpc) is 3.62. The summed E-state index contributed by atoms with van der Waals surface area (Å²) < 4.78 is 17.5. The van der Waals surface area contributed by atoms with E-state index in [0.29, 0.717) is 31.3 Å².